The van der Waals surface area contributed by atoms with Gasteiger partial charge in [-0.1, -0.05) is 12.1 Å². The molecule has 0 aliphatic heterocycles. The van der Waals surface area contributed by atoms with E-state index >= 15 is 0 Å². The molecule has 2 rings (SSSR count). The summed E-state index contributed by atoms with van der Waals surface area (Å²) in [5, 5.41) is 2.66. The minimum atomic E-state index is -0.984. The predicted molar refractivity (Wildman–Crippen MR) is 86.2 cm³/mol. The Kier molecular flexibility index (Phi) is 6.05. The molecular formula is C18H17F2NO4. The predicted octanol–water partition coefficient (Wildman–Crippen LogP) is 3.01. The summed E-state index contributed by atoms with van der Waals surface area (Å²) in [5.41, 5.74) is 0.511. The maximum absolute atomic E-state index is 13.1. The standard InChI is InChI=1S/C18H17F2NO4/c1-11(12-4-3-5-16(8-12)24-2)21-17(22)10-25-18(23)13-6-14(19)9-15(20)7-13/h3-9,11H,10H2,1-2H3,(H,21,22)/t11-/m1/s1. The van der Waals surface area contributed by atoms with Crippen molar-refractivity contribution in [3.8, 4) is 5.75 Å². The molecule has 0 radical (unpaired) electrons. The number of methoxy groups -OCH3 is 1. The highest BCUT2D eigenvalue weighted by Gasteiger charge is 2.15. The van der Waals surface area contributed by atoms with Gasteiger partial charge in [-0.15, -0.1) is 0 Å². The van der Waals surface area contributed by atoms with Crippen LogP contribution in [-0.4, -0.2) is 25.6 Å². The zero-order valence-electron chi connectivity index (χ0n) is 13.7. The lowest BCUT2D eigenvalue weighted by Crippen LogP contribution is -2.31. The largest absolute Gasteiger partial charge is 0.497 e. The third-order valence-electron chi connectivity index (χ3n) is 3.40. The van der Waals surface area contributed by atoms with E-state index in [1.807, 2.05) is 6.07 Å². The highest BCUT2D eigenvalue weighted by Crippen LogP contribution is 2.18. The van der Waals surface area contributed by atoms with Gasteiger partial charge < -0.3 is 14.8 Å². The van der Waals surface area contributed by atoms with Crippen molar-refractivity contribution in [2.45, 2.75) is 13.0 Å². The lowest BCUT2D eigenvalue weighted by Gasteiger charge is -2.15. The van der Waals surface area contributed by atoms with Gasteiger partial charge in [-0.05, 0) is 36.8 Å². The first-order valence-corrected chi connectivity index (χ1v) is 7.45. The second-order valence-electron chi connectivity index (χ2n) is 5.30. The summed E-state index contributed by atoms with van der Waals surface area (Å²) in [5.74, 6) is -2.67. The van der Waals surface area contributed by atoms with Crippen molar-refractivity contribution in [1.82, 2.24) is 5.32 Å². The van der Waals surface area contributed by atoms with E-state index < -0.39 is 30.1 Å². The zero-order valence-corrected chi connectivity index (χ0v) is 13.7. The van der Waals surface area contributed by atoms with Crippen LogP contribution >= 0.6 is 0 Å². The summed E-state index contributed by atoms with van der Waals surface area (Å²) in [6, 6.07) is 9.12. The summed E-state index contributed by atoms with van der Waals surface area (Å²) in [4.78, 5) is 23.6. The van der Waals surface area contributed by atoms with E-state index in [0.717, 1.165) is 17.7 Å². The van der Waals surface area contributed by atoms with Crippen LogP contribution in [0.4, 0.5) is 8.78 Å². The van der Waals surface area contributed by atoms with Crippen molar-refractivity contribution in [1.29, 1.82) is 0 Å². The summed E-state index contributed by atoms with van der Waals surface area (Å²) < 4.78 is 36.0. The average molecular weight is 349 g/mol. The summed E-state index contributed by atoms with van der Waals surface area (Å²) >= 11 is 0. The molecule has 2 aromatic carbocycles. The second kappa shape index (κ2) is 8.23. The maximum atomic E-state index is 13.1. The molecule has 2 aromatic rings. The fraction of sp³-hybridized carbons (Fsp3) is 0.222. The Balaban J connectivity index is 1.90. The van der Waals surface area contributed by atoms with E-state index in [2.05, 4.69) is 5.32 Å². The van der Waals surface area contributed by atoms with Gasteiger partial charge in [-0.2, -0.15) is 0 Å². The van der Waals surface area contributed by atoms with Crippen LogP contribution in [0.5, 0.6) is 5.75 Å². The molecule has 0 aromatic heterocycles. The topological polar surface area (TPSA) is 64.6 Å². The molecule has 0 unspecified atom stereocenters. The Morgan fingerprint density at radius 3 is 2.44 bits per heavy atom. The zero-order chi connectivity index (χ0) is 18.4. The maximum Gasteiger partial charge on any atom is 0.338 e. The van der Waals surface area contributed by atoms with Crippen LogP contribution in [0.25, 0.3) is 0 Å². The molecule has 1 atom stereocenters. The quantitative estimate of drug-likeness (QED) is 0.815. The normalized spacial score (nSPS) is 11.5. The number of esters is 1. The van der Waals surface area contributed by atoms with E-state index in [4.69, 9.17) is 9.47 Å². The smallest absolute Gasteiger partial charge is 0.338 e. The lowest BCUT2D eigenvalue weighted by atomic mass is 10.1. The summed E-state index contributed by atoms with van der Waals surface area (Å²) in [6.45, 7) is 1.20. The highest BCUT2D eigenvalue weighted by atomic mass is 19.1. The van der Waals surface area contributed by atoms with E-state index in [9.17, 15) is 18.4 Å². The Labute approximate surface area is 143 Å². The Hall–Kier alpha value is -2.96. The van der Waals surface area contributed by atoms with Crippen molar-refractivity contribution in [2.75, 3.05) is 13.7 Å². The van der Waals surface area contributed by atoms with Gasteiger partial charge >= 0.3 is 5.97 Å². The van der Waals surface area contributed by atoms with Gasteiger partial charge in [0.1, 0.15) is 17.4 Å². The number of rotatable bonds is 6. The van der Waals surface area contributed by atoms with Crippen LogP contribution < -0.4 is 10.1 Å². The molecule has 1 N–H and O–H groups in total. The number of nitrogens with one attached hydrogen (secondary N) is 1. The molecule has 5 nitrogen and oxygen atoms in total. The van der Waals surface area contributed by atoms with Gasteiger partial charge in [0.2, 0.25) is 0 Å². The molecule has 0 saturated carbocycles. The van der Waals surface area contributed by atoms with Gasteiger partial charge in [0, 0.05) is 6.07 Å². The SMILES string of the molecule is COc1cccc([C@@H](C)NC(=O)COC(=O)c2cc(F)cc(F)c2)c1. The molecule has 0 spiro atoms. The lowest BCUT2D eigenvalue weighted by molar-refractivity contribution is -0.124. The van der Waals surface area contributed by atoms with Gasteiger partial charge in [0.15, 0.2) is 6.61 Å². The Morgan fingerprint density at radius 1 is 1.12 bits per heavy atom. The van der Waals surface area contributed by atoms with Gasteiger partial charge in [0.25, 0.3) is 5.91 Å². The van der Waals surface area contributed by atoms with E-state index in [1.54, 1.807) is 25.1 Å². The number of ether oxygens (including phenoxy) is 2. The number of amides is 1. The highest BCUT2D eigenvalue weighted by molar-refractivity contribution is 5.91. The first-order valence-electron chi connectivity index (χ1n) is 7.45. The monoisotopic (exact) mass is 349 g/mol. The van der Waals surface area contributed by atoms with Crippen LogP contribution in [0, 0.1) is 11.6 Å². The average Bonchev–Trinajstić information content (AvgIpc) is 2.58. The molecule has 25 heavy (non-hydrogen) atoms. The molecule has 7 heteroatoms. The molecule has 0 heterocycles. The van der Waals surface area contributed by atoms with E-state index in [1.165, 1.54) is 7.11 Å². The van der Waals surface area contributed by atoms with Crippen molar-refractivity contribution in [3.63, 3.8) is 0 Å². The Bertz CT molecular complexity index is 759. The number of carbonyl (C=O) groups is 2. The van der Waals surface area contributed by atoms with Crippen LogP contribution in [0.15, 0.2) is 42.5 Å². The van der Waals surface area contributed by atoms with Crippen LogP contribution in [0.3, 0.4) is 0 Å². The Morgan fingerprint density at radius 2 is 1.80 bits per heavy atom. The number of benzene rings is 2. The molecule has 0 bridgehead atoms. The van der Waals surface area contributed by atoms with Crippen molar-refractivity contribution < 1.29 is 27.8 Å². The second-order valence-corrected chi connectivity index (χ2v) is 5.30. The third kappa shape index (κ3) is 5.27. The molecule has 1 amide bonds. The number of hydrogen-bond donors (Lipinski definition) is 1. The number of halogens is 2. The molecular weight excluding hydrogens is 332 g/mol. The molecule has 0 aliphatic carbocycles. The van der Waals surface area contributed by atoms with Crippen LogP contribution in [0.1, 0.15) is 28.9 Å². The summed E-state index contributed by atoms with van der Waals surface area (Å²) in [7, 11) is 1.54. The fourth-order valence-electron chi connectivity index (χ4n) is 2.16. The van der Waals surface area contributed by atoms with E-state index in [0.29, 0.717) is 11.8 Å². The number of hydrogen-bond acceptors (Lipinski definition) is 4. The van der Waals surface area contributed by atoms with Crippen LogP contribution in [0.2, 0.25) is 0 Å². The summed E-state index contributed by atoms with van der Waals surface area (Å²) in [6.07, 6.45) is 0. The van der Waals surface area contributed by atoms with E-state index in [-0.39, 0.29) is 11.6 Å². The van der Waals surface area contributed by atoms with Crippen molar-refractivity contribution in [2.24, 2.45) is 0 Å². The third-order valence-corrected chi connectivity index (χ3v) is 3.40. The van der Waals surface area contributed by atoms with Gasteiger partial charge in [-0.3, -0.25) is 4.79 Å². The molecule has 132 valence electrons. The van der Waals surface area contributed by atoms with Crippen LogP contribution in [-0.2, 0) is 9.53 Å². The fourth-order valence-corrected chi connectivity index (χ4v) is 2.16. The van der Waals surface area contributed by atoms with Crippen molar-refractivity contribution >= 4 is 11.9 Å². The minimum Gasteiger partial charge on any atom is -0.497 e. The van der Waals surface area contributed by atoms with Gasteiger partial charge in [-0.25, -0.2) is 13.6 Å². The minimum absolute atomic E-state index is 0.300. The molecule has 0 aliphatic rings. The first-order chi connectivity index (χ1) is 11.9. The van der Waals surface area contributed by atoms with Gasteiger partial charge in [0.05, 0.1) is 18.7 Å². The molecule has 0 saturated heterocycles. The number of carbonyl (C=O) groups excluding carboxylic acids is 2. The van der Waals surface area contributed by atoms with Crippen molar-refractivity contribution in [3.05, 3.63) is 65.2 Å². The first kappa shape index (κ1) is 18.4. The molecule has 0 fully saturated rings.